The van der Waals surface area contributed by atoms with Gasteiger partial charge in [-0.25, -0.2) is 13.2 Å². The molecule has 2 heterocycles. The molecule has 0 radical (unpaired) electrons. The first kappa shape index (κ1) is 21.1. The van der Waals surface area contributed by atoms with Crippen LogP contribution in [0.2, 0.25) is 0 Å². The number of benzene rings is 1. The second-order valence-electron chi connectivity index (χ2n) is 6.81. The lowest BCUT2D eigenvalue weighted by Crippen LogP contribution is -2.71. The number of carboxylic acid groups (broad SMARTS) is 1. The molecule has 0 bridgehead atoms. The summed E-state index contributed by atoms with van der Waals surface area (Å²) in [5, 5.41) is 11.4. The summed E-state index contributed by atoms with van der Waals surface area (Å²) in [4.78, 5) is 37.6. The summed E-state index contributed by atoms with van der Waals surface area (Å²) in [6, 6.07) is 4.06. The van der Waals surface area contributed by atoms with Crippen molar-refractivity contribution in [1.29, 1.82) is 0 Å². The van der Waals surface area contributed by atoms with Crippen molar-refractivity contribution < 1.29 is 27.9 Å². The lowest BCUT2D eigenvalue weighted by atomic mass is 10.0. The SMILES string of the molecule is CC1=C(C(=O)O)N2C(=O)[C@@H](NC(=O)[C@@H](N)c3cccc(NS(C)(=O)=O)c3)[C@H]2SC1. The van der Waals surface area contributed by atoms with Crippen LogP contribution in [0.3, 0.4) is 0 Å². The smallest absolute Gasteiger partial charge is 0.352 e. The first-order valence-electron chi connectivity index (χ1n) is 8.51. The summed E-state index contributed by atoms with van der Waals surface area (Å²) in [6.07, 6.45) is 1.00. The van der Waals surface area contributed by atoms with Crippen LogP contribution in [0.1, 0.15) is 18.5 Å². The van der Waals surface area contributed by atoms with Crippen molar-refractivity contribution in [2.24, 2.45) is 5.73 Å². The van der Waals surface area contributed by atoms with Crippen LogP contribution in [-0.2, 0) is 24.4 Å². The van der Waals surface area contributed by atoms with Gasteiger partial charge < -0.3 is 16.2 Å². The molecule has 0 saturated carbocycles. The number of carbonyl (C=O) groups is 3. The van der Waals surface area contributed by atoms with E-state index in [4.69, 9.17) is 5.73 Å². The maximum atomic E-state index is 12.6. The molecular weight excluding hydrogens is 420 g/mol. The van der Waals surface area contributed by atoms with Gasteiger partial charge in [0.15, 0.2) is 0 Å². The molecule has 156 valence electrons. The molecule has 12 heteroatoms. The average Bonchev–Trinajstić information content (AvgIpc) is 2.63. The number of carbonyl (C=O) groups excluding carboxylic acids is 2. The Kier molecular flexibility index (Phi) is 5.61. The van der Waals surface area contributed by atoms with Gasteiger partial charge in [0, 0.05) is 11.4 Å². The van der Waals surface area contributed by atoms with Crippen molar-refractivity contribution in [3.05, 3.63) is 41.1 Å². The molecule has 1 aromatic rings. The number of anilines is 1. The van der Waals surface area contributed by atoms with E-state index >= 15 is 0 Å². The van der Waals surface area contributed by atoms with E-state index in [2.05, 4.69) is 10.0 Å². The number of aliphatic carboxylic acids is 1. The van der Waals surface area contributed by atoms with E-state index in [9.17, 15) is 27.9 Å². The Morgan fingerprint density at radius 1 is 1.38 bits per heavy atom. The van der Waals surface area contributed by atoms with Gasteiger partial charge in [0.05, 0.1) is 6.26 Å². The normalized spacial score (nSPS) is 22.4. The van der Waals surface area contributed by atoms with Crippen molar-refractivity contribution in [2.45, 2.75) is 24.4 Å². The first-order valence-corrected chi connectivity index (χ1v) is 11.4. The summed E-state index contributed by atoms with van der Waals surface area (Å²) in [6.45, 7) is 1.65. The van der Waals surface area contributed by atoms with Crippen LogP contribution >= 0.6 is 11.8 Å². The number of hydrogen-bond donors (Lipinski definition) is 4. The molecule has 3 atom stereocenters. The van der Waals surface area contributed by atoms with Crippen LogP contribution in [0.15, 0.2) is 35.5 Å². The molecule has 10 nitrogen and oxygen atoms in total. The molecule has 5 N–H and O–H groups in total. The summed E-state index contributed by atoms with van der Waals surface area (Å²) in [7, 11) is -3.49. The number of fused-ring (bicyclic) bond motifs is 1. The fourth-order valence-electron chi connectivity index (χ4n) is 3.18. The largest absolute Gasteiger partial charge is 0.477 e. The maximum Gasteiger partial charge on any atom is 0.352 e. The first-order chi connectivity index (χ1) is 13.5. The Morgan fingerprint density at radius 2 is 2.07 bits per heavy atom. The van der Waals surface area contributed by atoms with Gasteiger partial charge in [-0.05, 0) is 30.2 Å². The van der Waals surface area contributed by atoms with E-state index in [0.29, 0.717) is 16.9 Å². The second-order valence-corrected chi connectivity index (χ2v) is 9.66. The van der Waals surface area contributed by atoms with E-state index < -0.39 is 45.3 Å². The van der Waals surface area contributed by atoms with Gasteiger partial charge in [0.25, 0.3) is 5.91 Å². The molecule has 1 saturated heterocycles. The van der Waals surface area contributed by atoms with Gasteiger partial charge in [-0.3, -0.25) is 19.2 Å². The van der Waals surface area contributed by atoms with E-state index in [1.807, 2.05) is 0 Å². The van der Waals surface area contributed by atoms with Crippen LogP contribution in [0.25, 0.3) is 0 Å². The minimum absolute atomic E-state index is 0.0481. The van der Waals surface area contributed by atoms with Crippen molar-refractivity contribution >= 4 is 45.3 Å². The molecule has 0 aliphatic carbocycles. The van der Waals surface area contributed by atoms with E-state index in [0.717, 1.165) is 6.26 Å². The third-order valence-corrected chi connectivity index (χ3v) is 6.52. The third kappa shape index (κ3) is 4.23. The molecule has 0 aromatic heterocycles. The maximum absolute atomic E-state index is 12.6. The summed E-state index contributed by atoms with van der Waals surface area (Å²) in [5.74, 6) is -1.87. The standard InChI is InChI=1S/C17H20N4O6S2/c1-8-7-28-16-12(15(23)21(16)13(8)17(24)25)19-14(22)11(18)9-4-3-5-10(6-9)20-29(2,26)27/h3-6,11-12,16,20H,7,18H2,1-2H3,(H,19,22)(H,24,25)/t11-,12+,16+/m0/s1. The summed E-state index contributed by atoms with van der Waals surface area (Å²) >= 11 is 1.36. The molecular formula is C17H20N4O6S2. The molecule has 2 amide bonds. The second kappa shape index (κ2) is 7.69. The number of hydrogen-bond acceptors (Lipinski definition) is 7. The zero-order chi connectivity index (χ0) is 21.5. The minimum Gasteiger partial charge on any atom is -0.477 e. The molecule has 3 rings (SSSR count). The number of thioether (sulfide) groups is 1. The van der Waals surface area contributed by atoms with Gasteiger partial charge in [-0.2, -0.15) is 0 Å². The van der Waals surface area contributed by atoms with Crippen LogP contribution in [-0.4, -0.2) is 59.6 Å². The van der Waals surface area contributed by atoms with Crippen LogP contribution in [0, 0.1) is 0 Å². The Hall–Kier alpha value is -2.57. The Labute approximate surface area is 171 Å². The molecule has 1 aromatic carbocycles. The van der Waals surface area contributed by atoms with E-state index in [-0.39, 0.29) is 11.4 Å². The monoisotopic (exact) mass is 440 g/mol. The van der Waals surface area contributed by atoms with Gasteiger partial charge in [-0.15, -0.1) is 11.8 Å². The molecule has 2 aliphatic heterocycles. The molecule has 29 heavy (non-hydrogen) atoms. The predicted octanol–water partition coefficient (Wildman–Crippen LogP) is -0.184. The zero-order valence-electron chi connectivity index (χ0n) is 15.6. The molecule has 0 spiro atoms. The predicted molar refractivity (Wildman–Crippen MR) is 107 cm³/mol. The number of nitrogens with two attached hydrogens (primary N) is 1. The van der Waals surface area contributed by atoms with Gasteiger partial charge >= 0.3 is 5.97 Å². The van der Waals surface area contributed by atoms with Gasteiger partial charge in [0.2, 0.25) is 15.9 Å². The number of amides is 2. The van der Waals surface area contributed by atoms with Crippen LogP contribution < -0.4 is 15.8 Å². The van der Waals surface area contributed by atoms with Crippen molar-refractivity contribution in [1.82, 2.24) is 10.2 Å². The van der Waals surface area contributed by atoms with E-state index in [1.54, 1.807) is 19.1 Å². The third-order valence-electron chi connectivity index (χ3n) is 4.49. The van der Waals surface area contributed by atoms with E-state index in [1.165, 1.54) is 28.8 Å². The lowest BCUT2D eigenvalue weighted by molar-refractivity contribution is -0.150. The summed E-state index contributed by atoms with van der Waals surface area (Å²) < 4.78 is 25.0. The van der Waals surface area contributed by atoms with Crippen molar-refractivity contribution in [3.8, 4) is 0 Å². The molecule has 1 fully saturated rings. The number of sulfonamides is 1. The van der Waals surface area contributed by atoms with Gasteiger partial charge in [-0.1, -0.05) is 12.1 Å². The average molecular weight is 441 g/mol. The fourth-order valence-corrected chi connectivity index (χ4v) is 5.03. The highest BCUT2D eigenvalue weighted by Gasteiger charge is 2.53. The number of rotatable bonds is 6. The van der Waals surface area contributed by atoms with Crippen molar-refractivity contribution in [3.63, 3.8) is 0 Å². The highest BCUT2D eigenvalue weighted by atomic mass is 32.2. The fraction of sp³-hybridized carbons (Fsp3) is 0.353. The minimum atomic E-state index is -3.49. The Balaban J connectivity index is 1.71. The lowest BCUT2D eigenvalue weighted by Gasteiger charge is -2.49. The number of nitrogens with one attached hydrogen (secondary N) is 2. The highest BCUT2D eigenvalue weighted by Crippen LogP contribution is 2.40. The Morgan fingerprint density at radius 3 is 2.69 bits per heavy atom. The quantitative estimate of drug-likeness (QED) is 0.443. The molecule has 0 unspecified atom stereocenters. The highest BCUT2D eigenvalue weighted by molar-refractivity contribution is 8.00. The van der Waals surface area contributed by atoms with Crippen molar-refractivity contribution in [2.75, 3.05) is 16.7 Å². The van der Waals surface area contributed by atoms with Crippen LogP contribution in [0.5, 0.6) is 0 Å². The Bertz CT molecular complexity index is 1020. The molecule has 2 aliphatic rings. The number of nitrogens with zero attached hydrogens (tertiary/aromatic N) is 1. The number of β-lactam (4-membered cyclic amide) rings is 1. The summed E-state index contributed by atoms with van der Waals surface area (Å²) in [5.41, 5.74) is 7.14. The van der Waals surface area contributed by atoms with Crippen LogP contribution in [0.4, 0.5) is 5.69 Å². The topological polar surface area (TPSA) is 159 Å². The zero-order valence-corrected chi connectivity index (χ0v) is 17.2. The van der Waals surface area contributed by atoms with Gasteiger partial charge in [0.1, 0.15) is 23.2 Å². The number of carboxylic acids is 1.